The van der Waals surface area contributed by atoms with E-state index in [1.165, 1.54) is 0 Å². The van der Waals surface area contributed by atoms with Crippen LogP contribution in [0.25, 0.3) is 11.4 Å². The fourth-order valence-corrected chi connectivity index (χ4v) is 2.69. The first-order chi connectivity index (χ1) is 10.3. The van der Waals surface area contributed by atoms with Gasteiger partial charge in [0.15, 0.2) is 11.0 Å². The highest BCUT2D eigenvalue weighted by Gasteiger charge is 2.12. The molecule has 0 unspecified atom stereocenters. The van der Waals surface area contributed by atoms with E-state index in [2.05, 4.69) is 15.4 Å². The van der Waals surface area contributed by atoms with Gasteiger partial charge in [-0.1, -0.05) is 16.9 Å². The van der Waals surface area contributed by atoms with Gasteiger partial charge >= 0.3 is 0 Å². The lowest BCUT2D eigenvalue weighted by Gasteiger charge is -2.04. The topological polar surface area (TPSA) is 66.0 Å². The zero-order valence-electron chi connectivity index (χ0n) is 11.7. The highest BCUT2D eigenvalue weighted by atomic mass is 32.2. The van der Waals surface area contributed by atoms with Crippen LogP contribution in [-0.4, -0.2) is 27.0 Å². The fourth-order valence-electron chi connectivity index (χ4n) is 1.88. The number of aromatic nitrogens is 4. The number of benzene rings is 1. The van der Waals surface area contributed by atoms with Gasteiger partial charge in [0.05, 0.1) is 12.8 Å². The quantitative estimate of drug-likeness (QED) is 0.675. The van der Waals surface area contributed by atoms with Gasteiger partial charge in [-0.25, -0.2) is 0 Å². The first-order valence-electron chi connectivity index (χ1n) is 6.34. The molecule has 6 nitrogen and oxygen atoms in total. The van der Waals surface area contributed by atoms with Crippen LogP contribution in [0.2, 0.25) is 0 Å². The van der Waals surface area contributed by atoms with Crippen molar-refractivity contribution in [2.45, 2.75) is 10.9 Å². The van der Waals surface area contributed by atoms with Crippen molar-refractivity contribution in [1.82, 2.24) is 19.9 Å². The van der Waals surface area contributed by atoms with Gasteiger partial charge in [-0.15, -0.1) is 10.2 Å². The smallest absolute Gasteiger partial charge is 0.191 e. The van der Waals surface area contributed by atoms with Crippen LogP contribution in [0.1, 0.15) is 5.69 Å². The van der Waals surface area contributed by atoms with Gasteiger partial charge in [0.2, 0.25) is 0 Å². The normalized spacial score (nSPS) is 10.8. The molecule has 0 saturated heterocycles. The van der Waals surface area contributed by atoms with E-state index in [-0.39, 0.29) is 0 Å². The minimum Gasteiger partial charge on any atom is -0.497 e. The predicted molar refractivity (Wildman–Crippen MR) is 79.1 cm³/mol. The van der Waals surface area contributed by atoms with E-state index in [0.717, 1.165) is 28.0 Å². The highest BCUT2D eigenvalue weighted by molar-refractivity contribution is 7.98. The summed E-state index contributed by atoms with van der Waals surface area (Å²) in [5.74, 6) is 2.34. The third kappa shape index (κ3) is 2.92. The van der Waals surface area contributed by atoms with Crippen LogP contribution < -0.4 is 4.74 Å². The van der Waals surface area contributed by atoms with E-state index in [1.54, 1.807) is 25.1 Å². The molecule has 0 spiro atoms. The molecule has 21 heavy (non-hydrogen) atoms. The van der Waals surface area contributed by atoms with Crippen LogP contribution in [0, 0.1) is 0 Å². The lowest BCUT2D eigenvalue weighted by atomic mass is 10.2. The van der Waals surface area contributed by atoms with Crippen LogP contribution in [0.15, 0.2) is 46.3 Å². The van der Waals surface area contributed by atoms with Gasteiger partial charge in [-0.2, -0.15) is 0 Å². The van der Waals surface area contributed by atoms with Crippen molar-refractivity contribution >= 4 is 11.8 Å². The summed E-state index contributed by atoms with van der Waals surface area (Å²) in [7, 11) is 3.60. The Labute approximate surface area is 126 Å². The van der Waals surface area contributed by atoms with Crippen molar-refractivity contribution in [3.8, 4) is 17.1 Å². The van der Waals surface area contributed by atoms with Crippen LogP contribution in [0.3, 0.4) is 0 Å². The number of hydrogen-bond donors (Lipinski definition) is 0. The third-order valence-electron chi connectivity index (χ3n) is 3.02. The molecule has 0 bridgehead atoms. The molecule has 0 fully saturated rings. The zero-order chi connectivity index (χ0) is 14.7. The first kappa shape index (κ1) is 13.7. The molecule has 1 aromatic carbocycles. The first-order valence-corrected chi connectivity index (χ1v) is 7.32. The standard InChI is InChI=1S/C14H14N4O2S/c1-18-13(10-3-5-12(19-2)6-4-10)15-16-14(18)21-9-11-7-8-20-17-11/h3-8H,9H2,1-2H3. The van der Waals surface area contributed by atoms with Crippen LogP contribution >= 0.6 is 11.8 Å². The molecule has 0 amide bonds. The molecular formula is C14H14N4O2S. The molecule has 0 aliphatic carbocycles. The average Bonchev–Trinajstić information content (AvgIpc) is 3.15. The second kappa shape index (κ2) is 6.01. The van der Waals surface area contributed by atoms with Gasteiger partial charge in [0.25, 0.3) is 0 Å². The second-order valence-corrected chi connectivity index (χ2v) is 5.32. The lowest BCUT2D eigenvalue weighted by Crippen LogP contribution is -1.95. The number of methoxy groups -OCH3 is 1. The summed E-state index contributed by atoms with van der Waals surface area (Å²) < 4.78 is 11.9. The number of thioether (sulfide) groups is 1. The van der Waals surface area contributed by atoms with Gasteiger partial charge in [0, 0.05) is 24.4 Å². The number of nitrogens with zero attached hydrogens (tertiary/aromatic N) is 4. The molecule has 2 heterocycles. The highest BCUT2D eigenvalue weighted by Crippen LogP contribution is 2.25. The van der Waals surface area contributed by atoms with E-state index in [4.69, 9.17) is 9.26 Å². The number of hydrogen-bond acceptors (Lipinski definition) is 6. The zero-order valence-corrected chi connectivity index (χ0v) is 12.5. The maximum absolute atomic E-state index is 5.16. The molecule has 0 aliphatic rings. The second-order valence-electron chi connectivity index (χ2n) is 4.37. The summed E-state index contributed by atoms with van der Waals surface area (Å²) in [4.78, 5) is 0. The van der Waals surface area contributed by atoms with Gasteiger partial charge in [0.1, 0.15) is 12.0 Å². The van der Waals surface area contributed by atoms with E-state index < -0.39 is 0 Å². The maximum atomic E-state index is 5.16. The average molecular weight is 302 g/mol. The molecular weight excluding hydrogens is 288 g/mol. The maximum Gasteiger partial charge on any atom is 0.191 e. The molecule has 7 heteroatoms. The summed E-state index contributed by atoms with van der Waals surface area (Å²) in [6, 6.07) is 9.59. The summed E-state index contributed by atoms with van der Waals surface area (Å²) in [5.41, 5.74) is 1.88. The summed E-state index contributed by atoms with van der Waals surface area (Å²) in [5, 5.41) is 13.2. The Morgan fingerprint density at radius 1 is 1.19 bits per heavy atom. The van der Waals surface area contributed by atoms with E-state index in [1.807, 2.05) is 41.9 Å². The Balaban J connectivity index is 1.77. The monoisotopic (exact) mass is 302 g/mol. The van der Waals surface area contributed by atoms with Gasteiger partial charge in [-0.05, 0) is 24.3 Å². The molecule has 0 aliphatic heterocycles. The number of rotatable bonds is 5. The fraction of sp³-hybridized carbons (Fsp3) is 0.214. The Kier molecular flexibility index (Phi) is 3.92. The van der Waals surface area contributed by atoms with Gasteiger partial charge < -0.3 is 13.8 Å². The van der Waals surface area contributed by atoms with Crippen LogP contribution in [0.5, 0.6) is 5.75 Å². The van der Waals surface area contributed by atoms with Gasteiger partial charge in [-0.3, -0.25) is 0 Å². The van der Waals surface area contributed by atoms with Crippen molar-refractivity contribution in [1.29, 1.82) is 0 Å². The van der Waals surface area contributed by atoms with E-state index in [9.17, 15) is 0 Å². The van der Waals surface area contributed by atoms with Crippen molar-refractivity contribution < 1.29 is 9.26 Å². The van der Waals surface area contributed by atoms with Crippen molar-refractivity contribution in [3.63, 3.8) is 0 Å². The van der Waals surface area contributed by atoms with Crippen molar-refractivity contribution in [2.75, 3.05) is 7.11 Å². The van der Waals surface area contributed by atoms with E-state index >= 15 is 0 Å². The molecule has 0 N–H and O–H groups in total. The van der Waals surface area contributed by atoms with Crippen LogP contribution in [0.4, 0.5) is 0 Å². The molecule has 0 atom stereocenters. The Hall–Kier alpha value is -2.28. The Morgan fingerprint density at radius 2 is 2.00 bits per heavy atom. The minimum absolute atomic E-state index is 0.699. The summed E-state index contributed by atoms with van der Waals surface area (Å²) in [6.45, 7) is 0. The largest absolute Gasteiger partial charge is 0.497 e. The van der Waals surface area contributed by atoms with Crippen LogP contribution in [-0.2, 0) is 12.8 Å². The summed E-state index contributed by atoms with van der Waals surface area (Å²) in [6.07, 6.45) is 1.56. The molecule has 0 radical (unpaired) electrons. The molecule has 2 aromatic heterocycles. The Bertz CT molecular complexity index is 707. The summed E-state index contributed by atoms with van der Waals surface area (Å²) >= 11 is 1.57. The Morgan fingerprint density at radius 3 is 2.67 bits per heavy atom. The van der Waals surface area contributed by atoms with Crippen molar-refractivity contribution in [2.24, 2.45) is 7.05 Å². The third-order valence-corrected chi connectivity index (χ3v) is 4.08. The SMILES string of the molecule is COc1ccc(-c2nnc(SCc3ccon3)n2C)cc1. The van der Waals surface area contributed by atoms with Crippen molar-refractivity contribution in [3.05, 3.63) is 42.3 Å². The minimum atomic E-state index is 0.699. The number of ether oxygens (including phenoxy) is 1. The molecule has 3 aromatic rings. The molecule has 0 saturated carbocycles. The predicted octanol–water partition coefficient (Wildman–Crippen LogP) is 2.77. The molecule has 3 rings (SSSR count). The van der Waals surface area contributed by atoms with E-state index in [0.29, 0.717) is 5.75 Å². The lowest BCUT2D eigenvalue weighted by molar-refractivity contribution is 0.414. The molecule has 108 valence electrons.